The van der Waals surface area contributed by atoms with E-state index in [4.69, 9.17) is 0 Å². The Hall–Kier alpha value is -8.70. The third kappa shape index (κ3) is 6.63. The Kier molecular flexibility index (Phi) is 9.42. The Morgan fingerprint density at radius 2 is 0.972 bits per heavy atom. The van der Waals surface area contributed by atoms with Crippen LogP contribution in [0, 0.1) is 0 Å². The lowest BCUT2D eigenvalue weighted by molar-refractivity contribution is 0.660. The molecule has 0 radical (unpaired) electrons. The van der Waals surface area contributed by atoms with Gasteiger partial charge in [0.1, 0.15) is 0 Å². The number of aromatic nitrogens is 1. The molecular weight excluding hydrogens is 879 g/mol. The Balaban J connectivity index is 1.02. The maximum atomic E-state index is 2.45. The normalized spacial score (nSPS) is 12.8. The number of para-hydroxylation sites is 3. The zero-order valence-corrected chi connectivity index (χ0v) is 40.2. The van der Waals surface area contributed by atoms with Gasteiger partial charge in [0.2, 0.25) is 0 Å². The molecule has 11 aromatic carbocycles. The van der Waals surface area contributed by atoms with Crippen LogP contribution >= 0.6 is 11.3 Å². The first-order chi connectivity index (χ1) is 35.0. The fourth-order valence-electron chi connectivity index (χ4n) is 11.5. The van der Waals surface area contributed by atoms with Gasteiger partial charge in [-0.15, -0.1) is 11.3 Å². The van der Waals surface area contributed by atoms with E-state index in [1.807, 2.05) is 11.3 Å². The topological polar surface area (TPSA) is 11.4 Å². The lowest BCUT2D eigenvalue weighted by atomic mass is 9.82. The van der Waals surface area contributed by atoms with Crippen molar-refractivity contribution in [1.82, 2.24) is 4.57 Å². The minimum Gasteiger partial charge on any atom is -0.310 e. The SMILES string of the molecule is CC1(C)c2ccccc2-c2ccc(N(c3ccccc3)c3ccc(N(c4ccccc4)c4ccc5sc6ccccc6c5c4)c(-c4ccc5c(c4)c4ccccc4n5-c4ccc5ccccc5c4)c3)cc21. The quantitative estimate of drug-likeness (QED) is 0.150. The average Bonchev–Trinajstić information content (AvgIpc) is 4.04. The number of fused-ring (bicyclic) bond motifs is 10. The van der Waals surface area contributed by atoms with Crippen LogP contribution in [0.2, 0.25) is 0 Å². The van der Waals surface area contributed by atoms with E-state index in [2.05, 4.69) is 277 Å². The van der Waals surface area contributed by atoms with Crippen molar-refractivity contribution < 1.29 is 0 Å². The Labute approximate surface area is 417 Å². The van der Waals surface area contributed by atoms with E-state index < -0.39 is 0 Å². The van der Waals surface area contributed by atoms with Crippen LogP contribution in [-0.4, -0.2) is 4.57 Å². The molecule has 0 bridgehead atoms. The van der Waals surface area contributed by atoms with Crippen molar-refractivity contribution in [3.05, 3.63) is 260 Å². The summed E-state index contributed by atoms with van der Waals surface area (Å²) < 4.78 is 5.01. The molecule has 3 nitrogen and oxygen atoms in total. The summed E-state index contributed by atoms with van der Waals surface area (Å²) in [5.74, 6) is 0. The molecule has 0 saturated carbocycles. The van der Waals surface area contributed by atoms with Crippen LogP contribution in [0.3, 0.4) is 0 Å². The molecule has 2 heterocycles. The zero-order chi connectivity index (χ0) is 47.2. The summed E-state index contributed by atoms with van der Waals surface area (Å²) in [6.07, 6.45) is 0. The summed E-state index contributed by atoms with van der Waals surface area (Å²) in [4.78, 5) is 4.89. The summed E-state index contributed by atoms with van der Waals surface area (Å²) in [5, 5.41) is 7.44. The number of hydrogen-bond donors (Lipinski definition) is 0. The molecule has 13 aromatic rings. The van der Waals surface area contributed by atoms with Crippen molar-refractivity contribution in [2.75, 3.05) is 9.80 Å². The number of rotatable bonds is 8. The van der Waals surface area contributed by atoms with Crippen molar-refractivity contribution in [2.24, 2.45) is 0 Å². The van der Waals surface area contributed by atoms with Gasteiger partial charge in [-0.1, -0.05) is 153 Å². The van der Waals surface area contributed by atoms with E-state index in [9.17, 15) is 0 Å². The summed E-state index contributed by atoms with van der Waals surface area (Å²) >= 11 is 1.85. The van der Waals surface area contributed by atoms with Crippen LogP contribution in [0.5, 0.6) is 0 Å². The minimum atomic E-state index is -0.147. The largest absolute Gasteiger partial charge is 0.310 e. The highest BCUT2D eigenvalue weighted by atomic mass is 32.1. The third-order valence-corrected chi connectivity index (χ3v) is 16.1. The summed E-state index contributed by atoms with van der Waals surface area (Å²) in [6.45, 7) is 4.73. The van der Waals surface area contributed by atoms with Crippen LogP contribution in [0.25, 0.3) is 80.7 Å². The van der Waals surface area contributed by atoms with Crippen molar-refractivity contribution in [3.63, 3.8) is 0 Å². The van der Waals surface area contributed by atoms with Gasteiger partial charge in [-0.2, -0.15) is 0 Å². The van der Waals surface area contributed by atoms with E-state index >= 15 is 0 Å². The molecule has 336 valence electrons. The molecular formula is C67H47N3S. The first kappa shape index (κ1) is 41.3. The second-order valence-electron chi connectivity index (χ2n) is 19.3. The number of anilines is 6. The zero-order valence-electron chi connectivity index (χ0n) is 39.4. The molecule has 0 atom stereocenters. The van der Waals surface area contributed by atoms with Crippen molar-refractivity contribution in [2.45, 2.75) is 19.3 Å². The van der Waals surface area contributed by atoms with E-state index in [1.54, 1.807) is 0 Å². The van der Waals surface area contributed by atoms with Gasteiger partial charge in [0.25, 0.3) is 0 Å². The highest BCUT2D eigenvalue weighted by molar-refractivity contribution is 7.25. The van der Waals surface area contributed by atoms with Crippen LogP contribution < -0.4 is 9.80 Å². The second-order valence-corrected chi connectivity index (χ2v) is 20.4. The lowest BCUT2D eigenvalue weighted by Gasteiger charge is -2.31. The number of thiophene rings is 1. The van der Waals surface area contributed by atoms with Crippen molar-refractivity contribution >= 4 is 98.2 Å². The first-order valence-electron chi connectivity index (χ1n) is 24.5. The summed E-state index contributed by atoms with van der Waals surface area (Å²) in [5.41, 5.74) is 17.6. The number of hydrogen-bond acceptors (Lipinski definition) is 3. The van der Waals surface area contributed by atoms with Gasteiger partial charge in [-0.05, 0) is 148 Å². The minimum absolute atomic E-state index is 0.147. The number of benzene rings is 11. The summed E-state index contributed by atoms with van der Waals surface area (Å²) in [7, 11) is 0. The van der Waals surface area contributed by atoms with E-state index in [1.165, 1.54) is 75.0 Å². The highest BCUT2D eigenvalue weighted by Crippen LogP contribution is 2.52. The molecule has 0 spiro atoms. The van der Waals surface area contributed by atoms with E-state index in [-0.39, 0.29) is 5.41 Å². The van der Waals surface area contributed by atoms with E-state index in [0.29, 0.717) is 0 Å². The Morgan fingerprint density at radius 1 is 0.352 bits per heavy atom. The van der Waals surface area contributed by atoms with Gasteiger partial charge in [0.05, 0.1) is 16.7 Å². The van der Waals surface area contributed by atoms with Crippen molar-refractivity contribution in [1.29, 1.82) is 0 Å². The van der Waals surface area contributed by atoms with Gasteiger partial charge in [0.15, 0.2) is 0 Å². The number of nitrogens with zero attached hydrogens (tertiary/aromatic N) is 3. The molecule has 0 unspecified atom stereocenters. The van der Waals surface area contributed by atoms with Gasteiger partial charge < -0.3 is 14.4 Å². The molecule has 2 aromatic heterocycles. The smallest absolute Gasteiger partial charge is 0.0541 e. The average molecular weight is 926 g/mol. The standard InChI is InChI=1S/C67H47N3S/c1-67(2)60-26-14-11-23-53(60)54-35-32-52(43-61(54)67)68(47-19-5-3-6-20-47)50-33-37-63(69(48-21-7-4-8-22-48)51-34-38-66-59(42-51)56-25-13-16-28-65(56)71-66)57(41-50)46-30-36-64-58(40-46)55-24-12-15-27-62(55)70(64)49-31-29-44-17-9-10-18-45(44)39-49/h3-43H,1-2H3. The second kappa shape index (κ2) is 16.2. The fraction of sp³-hybridized carbons (Fsp3) is 0.0448. The first-order valence-corrected chi connectivity index (χ1v) is 25.3. The monoisotopic (exact) mass is 925 g/mol. The van der Waals surface area contributed by atoms with E-state index in [0.717, 1.165) is 50.9 Å². The fourth-order valence-corrected chi connectivity index (χ4v) is 12.6. The van der Waals surface area contributed by atoms with Gasteiger partial charge in [-0.25, -0.2) is 0 Å². The summed E-state index contributed by atoms with van der Waals surface area (Å²) in [6, 6.07) is 91.9. The molecule has 0 aliphatic heterocycles. The predicted molar refractivity (Wildman–Crippen MR) is 304 cm³/mol. The van der Waals surface area contributed by atoms with Crippen molar-refractivity contribution in [3.8, 4) is 27.9 Å². The molecule has 71 heavy (non-hydrogen) atoms. The van der Waals surface area contributed by atoms with Crippen LogP contribution in [0.15, 0.2) is 249 Å². The molecule has 14 rings (SSSR count). The Morgan fingerprint density at radius 3 is 1.82 bits per heavy atom. The van der Waals surface area contributed by atoms with Crippen LogP contribution in [0.4, 0.5) is 34.1 Å². The molecule has 1 aliphatic carbocycles. The third-order valence-electron chi connectivity index (χ3n) is 14.9. The molecule has 0 saturated heterocycles. The van der Waals surface area contributed by atoms with Gasteiger partial charge >= 0.3 is 0 Å². The predicted octanol–water partition coefficient (Wildman–Crippen LogP) is 19.2. The van der Waals surface area contributed by atoms with Crippen LogP contribution in [-0.2, 0) is 5.41 Å². The van der Waals surface area contributed by atoms with Crippen LogP contribution in [0.1, 0.15) is 25.0 Å². The molecule has 0 amide bonds. The molecule has 0 fully saturated rings. The Bertz CT molecular complexity index is 4220. The van der Waals surface area contributed by atoms with Gasteiger partial charge in [-0.3, -0.25) is 0 Å². The highest BCUT2D eigenvalue weighted by Gasteiger charge is 2.36. The molecule has 1 aliphatic rings. The van der Waals surface area contributed by atoms with Gasteiger partial charge in [0, 0.05) is 76.0 Å². The maximum absolute atomic E-state index is 2.45. The maximum Gasteiger partial charge on any atom is 0.0541 e. The molecule has 0 N–H and O–H groups in total. The lowest BCUT2D eigenvalue weighted by Crippen LogP contribution is -2.17. The molecule has 4 heteroatoms.